The summed E-state index contributed by atoms with van der Waals surface area (Å²) in [5.41, 5.74) is 0. The van der Waals surface area contributed by atoms with Crippen LogP contribution in [0.4, 0.5) is 0 Å². The van der Waals surface area contributed by atoms with Crippen molar-refractivity contribution in [3.05, 3.63) is 0 Å². The van der Waals surface area contributed by atoms with Crippen molar-refractivity contribution in [1.29, 1.82) is 0 Å². The molecule has 3 rings (SSSR count). The molecule has 0 aromatic rings. The summed E-state index contributed by atoms with van der Waals surface area (Å²) in [5, 5.41) is 6.87. The predicted octanol–water partition coefficient (Wildman–Crippen LogP) is 2.38. The second-order valence-corrected chi connectivity index (χ2v) is 7.69. The predicted molar refractivity (Wildman–Crippen MR) is 99.5 cm³/mol. The standard InChI is InChI=1S/C19H36N4O/c1-2-20-19(21-11-5-9-16-7-3-4-8-16)22-13-18-14-23-12-6-10-17(23)15-24-18/h16-18H,2-15H2,1H3,(H2,20,21,22). The van der Waals surface area contributed by atoms with Crippen LogP contribution < -0.4 is 10.6 Å². The minimum atomic E-state index is 0.258. The molecule has 1 aliphatic carbocycles. The summed E-state index contributed by atoms with van der Waals surface area (Å²) in [6, 6.07) is 0.673. The number of hydrogen-bond donors (Lipinski definition) is 2. The summed E-state index contributed by atoms with van der Waals surface area (Å²) in [6.07, 6.45) is 11.3. The molecule has 0 amide bonds. The second-order valence-electron chi connectivity index (χ2n) is 7.69. The Bertz CT molecular complexity index is 395. The molecule has 24 heavy (non-hydrogen) atoms. The maximum absolute atomic E-state index is 6.01. The number of hydrogen-bond acceptors (Lipinski definition) is 3. The first kappa shape index (κ1) is 18.0. The number of nitrogens with zero attached hydrogens (tertiary/aromatic N) is 2. The van der Waals surface area contributed by atoms with Crippen LogP contribution in [0.5, 0.6) is 0 Å². The summed E-state index contributed by atoms with van der Waals surface area (Å²) >= 11 is 0. The van der Waals surface area contributed by atoms with Gasteiger partial charge in [0, 0.05) is 25.7 Å². The van der Waals surface area contributed by atoms with Crippen molar-refractivity contribution in [3.8, 4) is 0 Å². The first-order chi connectivity index (χ1) is 11.8. The van der Waals surface area contributed by atoms with Crippen molar-refractivity contribution in [2.45, 2.75) is 70.4 Å². The van der Waals surface area contributed by atoms with Gasteiger partial charge in [0.05, 0.1) is 19.3 Å². The normalized spacial score (nSPS) is 29.0. The van der Waals surface area contributed by atoms with Gasteiger partial charge in [0.25, 0.3) is 0 Å². The monoisotopic (exact) mass is 336 g/mol. The largest absolute Gasteiger partial charge is 0.373 e. The number of aliphatic imine (C=N–C) groups is 1. The van der Waals surface area contributed by atoms with E-state index in [0.29, 0.717) is 6.04 Å². The van der Waals surface area contributed by atoms with Crippen LogP contribution in [-0.2, 0) is 4.74 Å². The molecule has 2 heterocycles. The van der Waals surface area contributed by atoms with Crippen LogP contribution >= 0.6 is 0 Å². The molecule has 3 aliphatic rings. The number of ether oxygens (including phenoxy) is 1. The molecule has 0 bridgehead atoms. The Morgan fingerprint density at radius 3 is 2.88 bits per heavy atom. The third-order valence-corrected chi connectivity index (χ3v) is 5.82. The van der Waals surface area contributed by atoms with E-state index in [0.717, 1.165) is 44.7 Å². The molecule has 2 saturated heterocycles. The summed E-state index contributed by atoms with van der Waals surface area (Å²) in [6.45, 7) is 8.02. The van der Waals surface area contributed by atoms with Crippen LogP contribution in [0.25, 0.3) is 0 Å². The molecule has 0 aromatic carbocycles. The van der Waals surface area contributed by atoms with Crippen molar-refractivity contribution in [2.24, 2.45) is 10.9 Å². The van der Waals surface area contributed by atoms with Gasteiger partial charge in [-0.2, -0.15) is 0 Å². The van der Waals surface area contributed by atoms with E-state index in [1.165, 1.54) is 57.9 Å². The van der Waals surface area contributed by atoms with Gasteiger partial charge in [-0.15, -0.1) is 0 Å². The highest BCUT2D eigenvalue weighted by molar-refractivity contribution is 5.79. The Morgan fingerprint density at radius 1 is 1.17 bits per heavy atom. The Kier molecular flexibility index (Phi) is 7.21. The molecule has 2 atom stereocenters. The molecule has 2 aliphatic heterocycles. The molecule has 5 nitrogen and oxygen atoms in total. The molecule has 1 saturated carbocycles. The van der Waals surface area contributed by atoms with Gasteiger partial charge in [-0.25, -0.2) is 0 Å². The maximum Gasteiger partial charge on any atom is 0.191 e. The topological polar surface area (TPSA) is 48.9 Å². The van der Waals surface area contributed by atoms with Gasteiger partial charge in [-0.1, -0.05) is 25.7 Å². The van der Waals surface area contributed by atoms with Gasteiger partial charge >= 0.3 is 0 Å². The van der Waals surface area contributed by atoms with Gasteiger partial charge in [0.15, 0.2) is 5.96 Å². The Morgan fingerprint density at radius 2 is 2.04 bits per heavy atom. The molecule has 3 fully saturated rings. The lowest BCUT2D eigenvalue weighted by Gasteiger charge is -2.34. The van der Waals surface area contributed by atoms with E-state index < -0.39 is 0 Å². The van der Waals surface area contributed by atoms with Crippen molar-refractivity contribution < 1.29 is 4.74 Å². The van der Waals surface area contributed by atoms with Crippen molar-refractivity contribution in [1.82, 2.24) is 15.5 Å². The van der Waals surface area contributed by atoms with Crippen LogP contribution in [0.2, 0.25) is 0 Å². The highest BCUT2D eigenvalue weighted by Crippen LogP contribution is 2.28. The zero-order valence-electron chi connectivity index (χ0n) is 15.4. The van der Waals surface area contributed by atoms with E-state index >= 15 is 0 Å². The lowest BCUT2D eigenvalue weighted by atomic mass is 10.0. The zero-order valence-corrected chi connectivity index (χ0v) is 15.4. The molecule has 2 N–H and O–H groups in total. The number of nitrogens with one attached hydrogen (secondary N) is 2. The minimum absolute atomic E-state index is 0.258. The SMILES string of the molecule is CCNC(=NCC1CN2CCCC2CO1)NCCCC1CCCC1. The summed E-state index contributed by atoms with van der Waals surface area (Å²) in [7, 11) is 0. The van der Waals surface area contributed by atoms with Gasteiger partial charge in [0.1, 0.15) is 0 Å². The smallest absolute Gasteiger partial charge is 0.191 e. The highest BCUT2D eigenvalue weighted by atomic mass is 16.5. The van der Waals surface area contributed by atoms with E-state index in [1.807, 2.05) is 0 Å². The summed E-state index contributed by atoms with van der Waals surface area (Å²) in [4.78, 5) is 7.35. The van der Waals surface area contributed by atoms with Crippen LogP contribution in [0, 0.1) is 5.92 Å². The molecule has 0 aromatic heterocycles. The third kappa shape index (κ3) is 5.35. The molecule has 2 unspecified atom stereocenters. The van der Waals surface area contributed by atoms with Crippen LogP contribution in [0.15, 0.2) is 4.99 Å². The van der Waals surface area contributed by atoms with E-state index in [1.54, 1.807) is 0 Å². The summed E-state index contributed by atoms with van der Waals surface area (Å²) in [5.74, 6) is 1.94. The average Bonchev–Trinajstić information content (AvgIpc) is 3.27. The minimum Gasteiger partial charge on any atom is -0.373 e. The van der Waals surface area contributed by atoms with E-state index in [2.05, 4.69) is 22.5 Å². The van der Waals surface area contributed by atoms with Crippen molar-refractivity contribution in [3.63, 3.8) is 0 Å². The van der Waals surface area contributed by atoms with Gasteiger partial charge < -0.3 is 15.4 Å². The van der Waals surface area contributed by atoms with Crippen LogP contribution in [0.3, 0.4) is 0 Å². The van der Waals surface area contributed by atoms with Gasteiger partial charge in [0.2, 0.25) is 0 Å². The fourth-order valence-corrected chi connectivity index (χ4v) is 4.43. The number of fused-ring (bicyclic) bond motifs is 1. The molecule has 0 spiro atoms. The Balaban J connectivity index is 1.36. The van der Waals surface area contributed by atoms with E-state index in [4.69, 9.17) is 9.73 Å². The fourth-order valence-electron chi connectivity index (χ4n) is 4.43. The molecule has 5 heteroatoms. The first-order valence-electron chi connectivity index (χ1n) is 10.2. The molecule has 0 radical (unpaired) electrons. The Labute approximate surface area is 147 Å². The third-order valence-electron chi connectivity index (χ3n) is 5.82. The quantitative estimate of drug-likeness (QED) is 0.426. The van der Waals surface area contributed by atoms with E-state index in [9.17, 15) is 0 Å². The first-order valence-corrected chi connectivity index (χ1v) is 10.2. The molecule has 138 valence electrons. The lowest BCUT2D eigenvalue weighted by molar-refractivity contribution is -0.0432. The second kappa shape index (κ2) is 9.62. The van der Waals surface area contributed by atoms with Crippen molar-refractivity contribution in [2.75, 3.05) is 39.3 Å². The maximum atomic E-state index is 6.01. The number of rotatable bonds is 7. The zero-order chi connectivity index (χ0) is 16.6. The Hall–Kier alpha value is -0.810. The number of morpholine rings is 1. The average molecular weight is 337 g/mol. The summed E-state index contributed by atoms with van der Waals surface area (Å²) < 4.78 is 6.01. The van der Waals surface area contributed by atoms with Crippen LogP contribution in [0.1, 0.15) is 58.3 Å². The highest BCUT2D eigenvalue weighted by Gasteiger charge is 2.31. The van der Waals surface area contributed by atoms with Gasteiger partial charge in [-0.3, -0.25) is 9.89 Å². The van der Waals surface area contributed by atoms with Crippen LogP contribution in [-0.4, -0.2) is 62.3 Å². The van der Waals surface area contributed by atoms with E-state index in [-0.39, 0.29) is 6.10 Å². The fraction of sp³-hybridized carbons (Fsp3) is 0.947. The molecular weight excluding hydrogens is 300 g/mol. The molecular formula is C19H36N4O. The van der Waals surface area contributed by atoms with Crippen molar-refractivity contribution >= 4 is 5.96 Å². The lowest BCUT2D eigenvalue weighted by Crippen LogP contribution is -2.47. The van der Waals surface area contributed by atoms with Gasteiger partial charge in [-0.05, 0) is 45.1 Å². The number of guanidine groups is 1.